The SMILES string of the molecule is CC(C)(C)C1CCC(NC(=O)[C@@H]2CC(=O)N(c3cccc(C(F)(F)F)c3)C2)CC1. The molecule has 0 bridgehead atoms. The zero-order chi connectivity index (χ0) is 21.4. The predicted octanol–water partition coefficient (Wildman–Crippen LogP) is 4.78. The maximum absolute atomic E-state index is 13.0. The van der Waals surface area contributed by atoms with E-state index in [2.05, 4.69) is 26.1 Å². The van der Waals surface area contributed by atoms with Gasteiger partial charge in [0.15, 0.2) is 0 Å². The molecule has 160 valence electrons. The van der Waals surface area contributed by atoms with Gasteiger partial charge in [-0.1, -0.05) is 26.8 Å². The molecule has 1 aliphatic heterocycles. The molecule has 0 aromatic heterocycles. The Morgan fingerprint density at radius 1 is 1.10 bits per heavy atom. The lowest BCUT2D eigenvalue weighted by molar-refractivity contribution is -0.137. The van der Waals surface area contributed by atoms with Gasteiger partial charge < -0.3 is 10.2 Å². The van der Waals surface area contributed by atoms with Crippen molar-refractivity contribution in [1.82, 2.24) is 5.32 Å². The lowest BCUT2D eigenvalue weighted by Crippen LogP contribution is -2.42. The molecule has 1 aliphatic carbocycles. The molecule has 2 amide bonds. The van der Waals surface area contributed by atoms with Crippen LogP contribution in [0.5, 0.6) is 0 Å². The van der Waals surface area contributed by atoms with E-state index in [1.165, 1.54) is 17.0 Å². The quantitative estimate of drug-likeness (QED) is 0.780. The molecule has 2 fully saturated rings. The van der Waals surface area contributed by atoms with Crippen molar-refractivity contribution in [1.29, 1.82) is 0 Å². The molecule has 1 aromatic rings. The van der Waals surface area contributed by atoms with E-state index in [0.717, 1.165) is 37.8 Å². The van der Waals surface area contributed by atoms with E-state index in [-0.39, 0.29) is 41.9 Å². The lowest BCUT2D eigenvalue weighted by atomic mass is 9.71. The van der Waals surface area contributed by atoms with Gasteiger partial charge in [-0.25, -0.2) is 0 Å². The standard InChI is InChI=1S/C22H29F3N2O2/c1-21(2,3)15-7-9-17(10-8-15)26-20(29)14-11-19(28)27(13-14)18-6-4-5-16(12-18)22(23,24)25/h4-6,12,14-15,17H,7-11,13H2,1-3H3,(H,26,29)/t14-,15?,17?/m1/s1. The molecule has 2 aliphatic rings. The Morgan fingerprint density at radius 2 is 1.76 bits per heavy atom. The number of hydrogen-bond donors (Lipinski definition) is 1. The first-order valence-electron chi connectivity index (χ1n) is 10.2. The molecule has 1 aromatic carbocycles. The Labute approximate surface area is 169 Å². The fraction of sp³-hybridized carbons (Fsp3) is 0.636. The van der Waals surface area contributed by atoms with Gasteiger partial charge in [0.1, 0.15) is 0 Å². The fourth-order valence-electron chi connectivity index (χ4n) is 4.41. The summed E-state index contributed by atoms with van der Waals surface area (Å²) in [5, 5.41) is 3.06. The van der Waals surface area contributed by atoms with Crippen LogP contribution in [0, 0.1) is 17.3 Å². The zero-order valence-corrected chi connectivity index (χ0v) is 17.2. The molecule has 1 heterocycles. The second kappa shape index (κ2) is 8.00. The molecule has 1 saturated heterocycles. The van der Waals surface area contributed by atoms with E-state index in [1.807, 2.05) is 0 Å². The number of anilines is 1. The van der Waals surface area contributed by atoms with Crippen LogP contribution >= 0.6 is 0 Å². The summed E-state index contributed by atoms with van der Waals surface area (Å²) in [6, 6.07) is 4.81. The number of benzene rings is 1. The van der Waals surface area contributed by atoms with Crippen LogP contribution in [-0.2, 0) is 15.8 Å². The van der Waals surface area contributed by atoms with Crippen LogP contribution in [0.3, 0.4) is 0 Å². The molecular formula is C22H29F3N2O2. The molecule has 7 heteroatoms. The van der Waals surface area contributed by atoms with Crippen LogP contribution < -0.4 is 10.2 Å². The smallest absolute Gasteiger partial charge is 0.353 e. The third-order valence-electron chi connectivity index (χ3n) is 6.28. The van der Waals surface area contributed by atoms with Crippen molar-refractivity contribution in [2.45, 2.75) is 65.1 Å². The van der Waals surface area contributed by atoms with Crippen LogP contribution in [-0.4, -0.2) is 24.4 Å². The van der Waals surface area contributed by atoms with Gasteiger partial charge in [0.2, 0.25) is 11.8 Å². The summed E-state index contributed by atoms with van der Waals surface area (Å²) in [6.45, 7) is 6.83. The van der Waals surface area contributed by atoms with E-state index in [9.17, 15) is 22.8 Å². The summed E-state index contributed by atoms with van der Waals surface area (Å²) < 4.78 is 38.9. The van der Waals surface area contributed by atoms with E-state index in [0.29, 0.717) is 5.92 Å². The number of carbonyl (C=O) groups is 2. The topological polar surface area (TPSA) is 49.4 Å². The number of hydrogen-bond acceptors (Lipinski definition) is 2. The molecule has 4 nitrogen and oxygen atoms in total. The van der Waals surface area contributed by atoms with Crippen LogP contribution in [0.15, 0.2) is 24.3 Å². The third kappa shape index (κ3) is 5.11. The van der Waals surface area contributed by atoms with Crippen molar-refractivity contribution in [2.24, 2.45) is 17.3 Å². The van der Waals surface area contributed by atoms with Gasteiger partial charge in [-0.05, 0) is 55.2 Å². The van der Waals surface area contributed by atoms with Crippen LogP contribution in [0.25, 0.3) is 0 Å². The maximum atomic E-state index is 13.0. The highest BCUT2D eigenvalue weighted by molar-refractivity contribution is 6.00. The first-order chi connectivity index (χ1) is 13.4. The second-order valence-electron chi connectivity index (χ2n) is 9.38. The predicted molar refractivity (Wildman–Crippen MR) is 105 cm³/mol. The van der Waals surface area contributed by atoms with Crippen molar-refractivity contribution in [3.8, 4) is 0 Å². The van der Waals surface area contributed by atoms with Crippen molar-refractivity contribution in [3.63, 3.8) is 0 Å². The minimum absolute atomic E-state index is 0.0272. The van der Waals surface area contributed by atoms with E-state index in [4.69, 9.17) is 0 Å². The highest BCUT2D eigenvalue weighted by atomic mass is 19.4. The van der Waals surface area contributed by atoms with Crippen molar-refractivity contribution < 1.29 is 22.8 Å². The summed E-state index contributed by atoms with van der Waals surface area (Å²) in [5.41, 5.74) is -0.352. The number of carbonyl (C=O) groups excluding carboxylic acids is 2. The third-order valence-corrected chi connectivity index (χ3v) is 6.28. The normalized spacial score (nSPS) is 25.9. The van der Waals surface area contributed by atoms with Crippen LogP contribution in [0.4, 0.5) is 18.9 Å². The summed E-state index contributed by atoms with van der Waals surface area (Å²) in [5.74, 6) is -0.384. The van der Waals surface area contributed by atoms with Crippen LogP contribution in [0.1, 0.15) is 58.4 Å². The van der Waals surface area contributed by atoms with Crippen LogP contribution in [0.2, 0.25) is 0 Å². The van der Waals surface area contributed by atoms with Crippen molar-refractivity contribution >= 4 is 17.5 Å². The summed E-state index contributed by atoms with van der Waals surface area (Å²) >= 11 is 0. The number of amides is 2. The van der Waals surface area contributed by atoms with E-state index in [1.54, 1.807) is 0 Å². The van der Waals surface area contributed by atoms with Gasteiger partial charge in [0.25, 0.3) is 0 Å². The first kappa shape index (κ1) is 21.7. The molecule has 1 saturated carbocycles. The number of alkyl halides is 3. The number of rotatable bonds is 3. The van der Waals surface area contributed by atoms with Gasteiger partial charge in [-0.15, -0.1) is 0 Å². The molecule has 0 unspecified atom stereocenters. The van der Waals surface area contributed by atoms with E-state index < -0.39 is 17.7 Å². The molecule has 0 spiro atoms. The van der Waals surface area contributed by atoms with Gasteiger partial charge >= 0.3 is 6.18 Å². The van der Waals surface area contributed by atoms with Crippen molar-refractivity contribution in [3.05, 3.63) is 29.8 Å². The molecule has 1 atom stereocenters. The zero-order valence-electron chi connectivity index (χ0n) is 17.2. The summed E-state index contributed by atoms with van der Waals surface area (Å²) in [4.78, 5) is 26.3. The Morgan fingerprint density at radius 3 is 2.34 bits per heavy atom. The number of nitrogens with one attached hydrogen (secondary N) is 1. The molecular weight excluding hydrogens is 381 g/mol. The lowest BCUT2D eigenvalue weighted by Gasteiger charge is -2.37. The summed E-state index contributed by atoms with van der Waals surface area (Å²) in [7, 11) is 0. The monoisotopic (exact) mass is 410 g/mol. The second-order valence-corrected chi connectivity index (χ2v) is 9.38. The first-order valence-corrected chi connectivity index (χ1v) is 10.2. The van der Waals surface area contributed by atoms with Gasteiger partial charge in [0.05, 0.1) is 11.5 Å². The molecule has 1 N–H and O–H groups in total. The average Bonchev–Trinajstić information content (AvgIpc) is 3.03. The van der Waals surface area contributed by atoms with Gasteiger partial charge in [-0.2, -0.15) is 13.2 Å². The Balaban J connectivity index is 1.59. The average molecular weight is 410 g/mol. The minimum Gasteiger partial charge on any atom is -0.353 e. The van der Waals surface area contributed by atoms with E-state index >= 15 is 0 Å². The summed E-state index contributed by atoms with van der Waals surface area (Å²) in [6.07, 6.45) is -0.471. The Bertz CT molecular complexity index is 762. The highest BCUT2D eigenvalue weighted by Gasteiger charge is 2.38. The van der Waals surface area contributed by atoms with Gasteiger partial charge in [-0.3, -0.25) is 9.59 Å². The number of nitrogens with zero attached hydrogens (tertiary/aromatic N) is 1. The maximum Gasteiger partial charge on any atom is 0.416 e. The Hall–Kier alpha value is -2.05. The Kier molecular flexibility index (Phi) is 5.97. The van der Waals surface area contributed by atoms with Crippen molar-refractivity contribution in [2.75, 3.05) is 11.4 Å². The number of halogens is 3. The molecule has 29 heavy (non-hydrogen) atoms. The molecule has 3 rings (SSSR count). The minimum atomic E-state index is -4.47. The van der Waals surface area contributed by atoms with Gasteiger partial charge in [0, 0.05) is 24.7 Å². The fourth-order valence-corrected chi connectivity index (χ4v) is 4.41. The largest absolute Gasteiger partial charge is 0.416 e. The molecule has 0 radical (unpaired) electrons. The highest BCUT2D eigenvalue weighted by Crippen LogP contribution is 2.38.